The molecule has 10 heteroatoms. The molecule has 2 aromatic heterocycles. The third kappa shape index (κ3) is 4.46. The van der Waals surface area contributed by atoms with Crippen molar-refractivity contribution < 1.29 is 14.3 Å². The van der Waals surface area contributed by atoms with Crippen LogP contribution in [0.15, 0.2) is 46.2 Å². The van der Waals surface area contributed by atoms with Gasteiger partial charge in [0.1, 0.15) is 6.54 Å². The molecule has 1 aliphatic carbocycles. The lowest BCUT2D eigenvalue weighted by molar-refractivity contribution is -0.148. The topological polar surface area (TPSA) is 108 Å². The molecule has 0 aliphatic heterocycles. The Hall–Kier alpha value is -3.69. The van der Waals surface area contributed by atoms with Gasteiger partial charge in [0.05, 0.1) is 6.33 Å². The Labute approximate surface area is 190 Å². The first kappa shape index (κ1) is 22.5. The van der Waals surface area contributed by atoms with Crippen molar-refractivity contribution in [3.8, 4) is 0 Å². The van der Waals surface area contributed by atoms with Crippen molar-refractivity contribution in [2.24, 2.45) is 14.1 Å². The van der Waals surface area contributed by atoms with E-state index in [4.69, 9.17) is 4.74 Å². The fraction of sp³-hybridized carbons (Fsp3) is 0.435. The highest BCUT2D eigenvalue weighted by Gasteiger charge is 2.27. The van der Waals surface area contributed by atoms with E-state index in [9.17, 15) is 19.2 Å². The quantitative estimate of drug-likeness (QED) is 0.521. The summed E-state index contributed by atoms with van der Waals surface area (Å²) in [6, 6.07) is 9.49. The van der Waals surface area contributed by atoms with Gasteiger partial charge in [0, 0.05) is 25.8 Å². The first-order valence-electron chi connectivity index (χ1n) is 11.0. The van der Waals surface area contributed by atoms with Crippen LogP contribution in [0.25, 0.3) is 11.2 Å². The Morgan fingerprint density at radius 2 is 1.76 bits per heavy atom. The molecule has 0 radical (unpaired) electrons. The number of benzene rings is 1. The van der Waals surface area contributed by atoms with E-state index in [1.807, 2.05) is 30.3 Å². The Morgan fingerprint density at radius 3 is 2.45 bits per heavy atom. The lowest BCUT2D eigenvalue weighted by Gasteiger charge is -2.34. The van der Waals surface area contributed by atoms with Crippen LogP contribution in [-0.4, -0.2) is 43.2 Å². The number of imidazole rings is 1. The zero-order valence-electron chi connectivity index (χ0n) is 18.8. The van der Waals surface area contributed by atoms with Crippen LogP contribution < -0.4 is 16.1 Å². The van der Waals surface area contributed by atoms with Crippen molar-refractivity contribution in [2.75, 3.05) is 11.5 Å². The van der Waals surface area contributed by atoms with Gasteiger partial charge in [-0.15, -0.1) is 0 Å². The fourth-order valence-corrected chi connectivity index (χ4v) is 4.40. The van der Waals surface area contributed by atoms with Crippen LogP contribution in [0.3, 0.4) is 0 Å². The van der Waals surface area contributed by atoms with Crippen LogP contribution in [0.1, 0.15) is 32.1 Å². The number of amides is 1. The van der Waals surface area contributed by atoms with Crippen LogP contribution in [0.2, 0.25) is 0 Å². The summed E-state index contributed by atoms with van der Waals surface area (Å²) in [5, 5.41) is 0. The van der Waals surface area contributed by atoms with Crippen molar-refractivity contribution in [1.29, 1.82) is 0 Å². The van der Waals surface area contributed by atoms with Gasteiger partial charge >= 0.3 is 11.7 Å². The predicted molar refractivity (Wildman–Crippen MR) is 122 cm³/mol. The molecule has 0 N–H and O–H groups in total. The number of aromatic nitrogens is 4. The third-order valence-corrected chi connectivity index (χ3v) is 6.12. The molecule has 10 nitrogen and oxygen atoms in total. The second kappa shape index (κ2) is 9.43. The number of aryl methyl sites for hydroxylation is 1. The summed E-state index contributed by atoms with van der Waals surface area (Å²) in [5.74, 6) is -0.953. The summed E-state index contributed by atoms with van der Waals surface area (Å²) >= 11 is 0. The summed E-state index contributed by atoms with van der Waals surface area (Å²) in [7, 11) is 2.86. The monoisotopic (exact) mass is 453 g/mol. The number of anilines is 1. The fourth-order valence-electron chi connectivity index (χ4n) is 4.40. The van der Waals surface area contributed by atoms with Gasteiger partial charge in [-0.25, -0.2) is 9.78 Å². The van der Waals surface area contributed by atoms with Crippen molar-refractivity contribution in [2.45, 2.75) is 44.7 Å². The number of ether oxygens (including phenoxy) is 1. The first-order chi connectivity index (χ1) is 15.9. The molecule has 0 saturated heterocycles. The lowest BCUT2D eigenvalue weighted by Crippen LogP contribution is -2.44. The van der Waals surface area contributed by atoms with Crippen molar-refractivity contribution >= 4 is 28.7 Å². The number of nitrogens with zero attached hydrogens (tertiary/aromatic N) is 5. The molecule has 1 saturated carbocycles. The maximum absolute atomic E-state index is 13.1. The second-order valence-electron chi connectivity index (χ2n) is 8.30. The van der Waals surface area contributed by atoms with E-state index in [1.165, 1.54) is 29.6 Å². The zero-order valence-corrected chi connectivity index (χ0v) is 18.8. The molecule has 1 amide bonds. The summed E-state index contributed by atoms with van der Waals surface area (Å²) in [6.45, 7) is -0.695. The summed E-state index contributed by atoms with van der Waals surface area (Å²) in [5.41, 5.74) is 0.0302. The minimum atomic E-state index is -0.671. The van der Waals surface area contributed by atoms with Crippen LogP contribution >= 0.6 is 0 Å². The van der Waals surface area contributed by atoms with Crippen LogP contribution in [-0.2, 0) is 35.0 Å². The molecule has 0 bridgehead atoms. The molecule has 4 rings (SSSR count). The van der Waals surface area contributed by atoms with Gasteiger partial charge in [-0.2, -0.15) is 0 Å². The van der Waals surface area contributed by atoms with Gasteiger partial charge < -0.3 is 14.2 Å². The number of esters is 1. The SMILES string of the molecule is Cn1c(=O)c2c(ncn2CC(=O)OCC(=O)N(c2ccccc2)C2CCCCC2)n(C)c1=O. The van der Waals surface area contributed by atoms with Gasteiger partial charge in [0.25, 0.3) is 11.5 Å². The van der Waals surface area contributed by atoms with E-state index in [1.54, 1.807) is 4.90 Å². The maximum atomic E-state index is 13.1. The molecule has 174 valence electrons. The number of para-hydroxylation sites is 1. The summed E-state index contributed by atoms with van der Waals surface area (Å²) < 4.78 is 8.82. The maximum Gasteiger partial charge on any atom is 0.332 e. The molecule has 0 spiro atoms. The number of hydrogen-bond acceptors (Lipinski definition) is 6. The number of hydrogen-bond donors (Lipinski definition) is 0. The molecule has 0 unspecified atom stereocenters. The third-order valence-electron chi connectivity index (χ3n) is 6.12. The lowest BCUT2D eigenvalue weighted by atomic mass is 9.93. The van der Waals surface area contributed by atoms with E-state index in [0.717, 1.165) is 42.4 Å². The molecule has 1 fully saturated rings. The molecule has 33 heavy (non-hydrogen) atoms. The van der Waals surface area contributed by atoms with E-state index in [2.05, 4.69) is 4.98 Å². The number of fused-ring (bicyclic) bond motifs is 1. The Kier molecular flexibility index (Phi) is 6.43. The van der Waals surface area contributed by atoms with Crippen molar-refractivity contribution in [3.63, 3.8) is 0 Å². The first-order valence-corrected chi connectivity index (χ1v) is 11.0. The summed E-state index contributed by atoms with van der Waals surface area (Å²) in [4.78, 5) is 56.0. The van der Waals surface area contributed by atoms with Gasteiger partial charge in [0.15, 0.2) is 17.8 Å². The number of carbonyl (C=O) groups is 2. The van der Waals surface area contributed by atoms with Crippen LogP contribution in [0.5, 0.6) is 0 Å². The Balaban J connectivity index is 1.48. The zero-order chi connectivity index (χ0) is 23.5. The largest absolute Gasteiger partial charge is 0.454 e. The van der Waals surface area contributed by atoms with E-state index >= 15 is 0 Å². The normalized spacial score (nSPS) is 14.4. The van der Waals surface area contributed by atoms with Crippen molar-refractivity contribution in [3.05, 3.63) is 57.5 Å². The average molecular weight is 453 g/mol. The van der Waals surface area contributed by atoms with Gasteiger partial charge in [-0.1, -0.05) is 37.5 Å². The standard InChI is InChI=1S/C23H27N5O5/c1-25-21-20(22(31)26(2)23(25)32)27(15-24-21)13-19(30)33-14-18(29)28(16-9-5-3-6-10-16)17-11-7-4-8-12-17/h3,5-6,9-10,15,17H,4,7-8,11-14H2,1-2H3. The molecule has 1 aromatic carbocycles. The van der Waals surface area contributed by atoms with E-state index in [-0.39, 0.29) is 29.7 Å². The van der Waals surface area contributed by atoms with Crippen molar-refractivity contribution in [1.82, 2.24) is 18.7 Å². The van der Waals surface area contributed by atoms with E-state index in [0.29, 0.717) is 0 Å². The number of rotatable bonds is 6. The average Bonchev–Trinajstić information content (AvgIpc) is 3.25. The smallest absolute Gasteiger partial charge is 0.332 e. The highest BCUT2D eigenvalue weighted by molar-refractivity contribution is 5.95. The molecule has 1 aliphatic rings. The molecule has 0 atom stereocenters. The highest BCUT2D eigenvalue weighted by Crippen LogP contribution is 2.27. The molecule has 3 aromatic rings. The Bertz CT molecular complexity index is 1280. The Morgan fingerprint density at radius 1 is 1.06 bits per heavy atom. The highest BCUT2D eigenvalue weighted by atomic mass is 16.5. The van der Waals surface area contributed by atoms with Gasteiger partial charge in [-0.3, -0.25) is 23.5 Å². The minimum Gasteiger partial charge on any atom is -0.454 e. The second-order valence-corrected chi connectivity index (χ2v) is 8.30. The van der Waals surface area contributed by atoms with Crippen LogP contribution in [0, 0.1) is 0 Å². The van der Waals surface area contributed by atoms with E-state index < -0.39 is 23.8 Å². The predicted octanol–water partition coefficient (Wildman–Crippen LogP) is 1.34. The van der Waals surface area contributed by atoms with Gasteiger partial charge in [-0.05, 0) is 25.0 Å². The van der Waals surface area contributed by atoms with Crippen LogP contribution in [0.4, 0.5) is 5.69 Å². The van der Waals surface area contributed by atoms with Gasteiger partial charge in [0.2, 0.25) is 0 Å². The molecular formula is C23H27N5O5. The molecular weight excluding hydrogens is 426 g/mol. The molecule has 2 heterocycles. The minimum absolute atomic E-state index is 0.0780. The summed E-state index contributed by atoms with van der Waals surface area (Å²) in [6.07, 6.45) is 6.42. The number of carbonyl (C=O) groups excluding carboxylic acids is 2.